The van der Waals surface area contributed by atoms with Gasteiger partial charge < -0.3 is 8.98 Å². The molecular formula is C17H16BrN5O2S. The number of hydrazone groups is 1. The molecule has 0 spiro atoms. The average molecular weight is 434 g/mol. The summed E-state index contributed by atoms with van der Waals surface area (Å²) < 4.78 is 8.19. The van der Waals surface area contributed by atoms with Crippen molar-refractivity contribution >= 4 is 39.8 Å². The fourth-order valence-electron chi connectivity index (χ4n) is 2.14. The molecule has 0 radical (unpaired) electrons. The van der Waals surface area contributed by atoms with Gasteiger partial charge in [0.2, 0.25) is 0 Å². The molecule has 0 fully saturated rings. The van der Waals surface area contributed by atoms with E-state index in [-0.39, 0.29) is 11.7 Å². The van der Waals surface area contributed by atoms with Gasteiger partial charge in [-0.25, -0.2) is 5.43 Å². The Morgan fingerprint density at radius 3 is 2.77 bits per heavy atom. The lowest BCUT2D eigenvalue weighted by Gasteiger charge is -2.03. The predicted octanol–water partition coefficient (Wildman–Crippen LogP) is 3.39. The zero-order valence-electron chi connectivity index (χ0n) is 14.1. The van der Waals surface area contributed by atoms with Crippen LogP contribution in [0.4, 0.5) is 0 Å². The molecule has 0 saturated heterocycles. The Hall–Kier alpha value is -2.39. The molecule has 2 aromatic heterocycles. The van der Waals surface area contributed by atoms with Crippen LogP contribution < -0.4 is 5.43 Å². The van der Waals surface area contributed by atoms with Crippen molar-refractivity contribution in [1.82, 2.24) is 20.2 Å². The molecule has 26 heavy (non-hydrogen) atoms. The SMILES string of the molecule is Cc1ccc(/C=N/NC(=O)CSc2nnc(-c3ccc(Br)cc3)n2C)o1. The minimum atomic E-state index is -0.234. The van der Waals surface area contributed by atoms with Crippen LogP contribution >= 0.6 is 27.7 Å². The molecule has 2 heterocycles. The van der Waals surface area contributed by atoms with Crippen LogP contribution in [-0.2, 0) is 11.8 Å². The Labute approximate surface area is 163 Å². The van der Waals surface area contributed by atoms with Crippen LogP contribution in [0, 0.1) is 6.92 Å². The summed E-state index contributed by atoms with van der Waals surface area (Å²) in [7, 11) is 1.87. The van der Waals surface area contributed by atoms with Crippen LogP contribution in [0.2, 0.25) is 0 Å². The second-order valence-electron chi connectivity index (χ2n) is 5.40. The van der Waals surface area contributed by atoms with Gasteiger partial charge >= 0.3 is 0 Å². The molecule has 0 atom stereocenters. The highest BCUT2D eigenvalue weighted by molar-refractivity contribution is 9.10. The lowest BCUT2D eigenvalue weighted by atomic mass is 10.2. The first-order valence-electron chi connectivity index (χ1n) is 7.69. The summed E-state index contributed by atoms with van der Waals surface area (Å²) in [6.07, 6.45) is 1.46. The van der Waals surface area contributed by atoms with Crippen LogP contribution in [0.15, 0.2) is 55.5 Å². The van der Waals surface area contributed by atoms with Gasteiger partial charge in [-0.05, 0) is 31.2 Å². The van der Waals surface area contributed by atoms with E-state index in [0.717, 1.165) is 21.6 Å². The van der Waals surface area contributed by atoms with Gasteiger partial charge in [-0.15, -0.1) is 10.2 Å². The lowest BCUT2D eigenvalue weighted by Crippen LogP contribution is -2.19. The highest BCUT2D eigenvalue weighted by Gasteiger charge is 2.12. The summed E-state index contributed by atoms with van der Waals surface area (Å²) in [6, 6.07) is 11.4. The molecule has 0 aliphatic heterocycles. The van der Waals surface area contributed by atoms with Gasteiger partial charge in [0.05, 0.1) is 12.0 Å². The number of nitrogens with one attached hydrogen (secondary N) is 1. The van der Waals surface area contributed by atoms with Crippen molar-refractivity contribution in [3.8, 4) is 11.4 Å². The first-order valence-corrected chi connectivity index (χ1v) is 9.47. The maximum Gasteiger partial charge on any atom is 0.250 e. The van der Waals surface area contributed by atoms with E-state index in [1.165, 1.54) is 18.0 Å². The molecule has 7 nitrogen and oxygen atoms in total. The van der Waals surface area contributed by atoms with E-state index >= 15 is 0 Å². The lowest BCUT2D eigenvalue weighted by molar-refractivity contribution is -0.118. The number of hydrogen-bond acceptors (Lipinski definition) is 6. The number of carbonyl (C=O) groups is 1. The van der Waals surface area contributed by atoms with Crippen LogP contribution in [0.5, 0.6) is 0 Å². The molecule has 0 unspecified atom stereocenters. The van der Waals surface area contributed by atoms with E-state index in [9.17, 15) is 4.79 Å². The number of rotatable bonds is 6. The first kappa shape index (κ1) is 18.4. The maximum absolute atomic E-state index is 11.9. The highest BCUT2D eigenvalue weighted by Crippen LogP contribution is 2.23. The number of aryl methyl sites for hydroxylation is 1. The third-order valence-electron chi connectivity index (χ3n) is 3.41. The fourth-order valence-corrected chi connectivity index (χ4v) is 3.11. The number of amides is 1. The zero-order chi connectivity index (χ0) is 18.5. The van der Waals surface area contributed by atoms with E-state index in [1.54, 1.807) is 6.07 Å². The molecule has 0 aliphatic carbocycles. The van der Waals surface area contributed by atoms with Gasteiger partial charge in [-0.1, -0.05) is 39.8 Å². The zero-order valence-corrected chi connectivity index (χ0v) is 16.5. The Balaban J connectivity index is 1.55. The molecular weight excluding hydrogens is 418 g/mol. The quantitative estimate of drug-likeness (QED) is 0.365. The summed E-state index contributed by atoms with van der Waals surface area (Å²) >= 11 is 4.71. The number of aromatic nitrogens is 3. The van der Waals surface area contributed by atoms with Crippen LogP contribution in [-0.4, -0.2) is 32.6 Å². The normalized spacial score (nSPS) is 11.2. The Morgan fingerprint density at radius 2 is 2.08 bits per heavy atom. The van der Waals surface area contributed by atoms with E-state index in [2.05, 4.69) is 36.7 Å². The van der Waals surface area contributed by atoms with E-state index in [1.807, 2.05) is 48.9 Å². The largest absolute Gasteiger partial charge is 0.460 e. The molecule has 1 N–H and O–H groups in total. The Kier molecular flexibility index (Phi) is 5.89. The highest BCUT2D eigenvalue weighted by atomic mass is 79.9. The van der Waals surface area contributed by atoms with Gasteiger partial charge in [0.1, 0.15) is 11.5 Å². The minimum Gasteiger partial charge on any atom is -0.460 e. The number of hydrogen-bond donors (Lipinski definition) is 1. The molecule has 9 heteroatoms. The third-order valence-corrected chi connectivity index (χ3v) is 4.96. The first-order chi connectivity index (χ1) is 12.5. The number of furan rings is 1. The van der Waals surface area contributed by atoms with Crippen molar-refractivity contribution in [2.75, 3.05) is 5.75 Å². The maximum atomic E-state index is 11.9. The van der Waals surface area contributed by atoms with Crippen LogP contribution in [0.1, 0.15) is 11.5 Å². The van der Waals surface area contributed by atoms with Crippen molar-refractivity contribution in [1.29, 1.82) is 0 Å². The summed E-state index contributed by atoms with van der Waals surface area (Å²) in [5.41, 5.74) is 3.42. The van der Waals surface area contributed by atoms with Crippen molar-refractivity contribution in [3.05, 3.63) is 52.4 Å². The summed E-state index contributed by atoms with van der Waals surface area (Å²) in [6.45, 7) is 1.84. The molecule has 3 rings (SSSR count). The number of carbonyl (C=O) groups excluding carboxylic acids is 1. The molecule has 134 valence electrons. The molecule has 1 amide bonds. The van der Waals surface area contributed by atoms with Crippen molar-refractivity contribution in [2.45, 2.75) is 12.1 Å². The van der Waals surface area contributed by atoms with E-state index in [0.29, 0.717) is 10.9 Å². The predicted molar refractivity (Wildman–Crippen MR) is 104 cm³/mol. The van der Waals surface area contributed by atoms with Gasteiger partial charge in [-0.3, -0.25) is 4.79 Å². The summed E-state index contributed by atoms with van der Waals surface area (Å²) in [5, 5.41) is 12.9. The second-order valence-corrected chi connectivity index (χ2v) is 7.26. The standard InChI is InChI=1S/C17H16BrN5O2S/c1-11-3-8-14(25-11)9-19-20-15(24)10-26-17-22-21-16(23(17)2)12-4-6-13(18)7-5-12/h3-9H,10H2,1-2H3,(H,20,24)/b19-9+. The third kappa shape index (κ3) is 4.61. The smallest absolute Gasteiger partial charge is 0.250 e. The molecule has 0 bridgehead atoms. The topological polar surface area (TPSA) is 85.3 Å². The number of benzene rings is 1. The molecule has 0 saturated carbocycles. The molecule has 0 aliphatic rings. The Bertz CT molecular complexity index is 933. The summed E-state index contributed by atoms with van der Waals surface area (Å²) in [5.74, 6) is 2.07. The number of halogens is 1. The second kappa shape index (κ2) is 8.33. The fraction of sp³-hybridized carbons (Fsp3) is 0.176. The van der Waals surface area contributed by atoms with Gasteiger partial charge in [-0.2, -0.15) is 5.10 Å². The molecule has 3 aromatic rings. The van der Waals surface area contributed by atoms with E-state index < -0.39 is 0 Å². The average Bonchev–Trinajstić information content (AvgIpc) is 3.20. The van der Waals surface area contributed by atoms with Crippen molar-refractivity contribution < 1.29 is 9.21 Å². The van der Waals surface area contributed by atoms with Crippen LogP contribution in [0.3, 0.4) is 0 Å². The summed E-state index contributed by atoms with van der Waals surface area (Å²) in [4.78, 5) is 11.9. The van der Waals surface area contributed by atoms with Crippen LogP contribution in [0.25, 0.3) is 11.4 Å². The minimum absolute atomic E-state index is 0.181. The molecule has 1 aromatic carbocycles. The van der Waals surface area contributed by atoms with Crippen molar-refractivity contribution in [2.24, 2.45) is 12.1 Å². The van der Waals surface area contributed by atoms with Crippen molar-refractivity contribution in [3.63, 3.8) is 0 Å². The van der Waals surface area contributed by atoms with Gasteiger partial charge in [0, 0.05) is 17.1 Å². The van der Waals surface area contributed by atoms with E-state index in [4.69, 9.17) is 4.42 Å². The monoisotopic (exact) mass is 433 g/mol. The number of thioether (sulfide) groups is 1. The number of nitrogens with zero attached hydrogens (tertiary/aromatic N) is 4. The van der Waals surface area contributed by atoms with Gasteiger partial charge in [0.15, 0.2) is 11.0 Å². The van der Waals surface area contributed by atoms with Gasteiger partial charge in [0.25, 0.3) is 5.91 Å². The Morgan fingerprint density at radius 1 is 1.31 bits per heavy atom.